The summed E-state index contributed by atoms with van der Waals surface area (Å²) in [5, 5.41) is 3.23. The van der Waals surface area contributed by atoms with Crippen LogP contribution in [0.15, 0.2) is 29.2 Å². The van der Waals surface area contributed by atoms with E-state index in [0.717, 1.165) is 74.7 Å². The molecule has 170 valence electrons. The number of nitrogens with one attached hydrogen (secondary N) is 1. The molecule has 31 heavy (non-hydrogen) atoms. The summed E-state index contributed by atoms with van der Waals surface area (Å²) in [5.74, 6) is 2.59. The van der Waals surface area contributed by atoms with Gasteiger partial charge in [-0.3, -0.25) is 4.79 Å². The van der Waals surface area contributed by atoms with E-state index in [0.29, 0.717) is 24.5 Å². The van der Waals surface area contributed by atoms with E-state index in [1.54, 1.807) is 16.4 Å². The third-order valence-corrected chi connectivity index (χ3v) is 10.3. The molecule has 1 aromatic rings. The van der Waals surface area contributed by atoms with Crippen molar-refractivity contribution < 1.29 is 13.2 Å². The molecule has 1 saturated heterocycles. The number of hydrogen-bond donors (Lipinski definition) is 1. The first-order chi connectivity index (χ1) is 14.9. The monoisotopic (exact) mass is 444 g/mol. The van der Waals surface area contributed by atoms with Crippen LogP contribution in [0.25, 0.3) is 0 Å². The SMILES string of the molecule is O=C(NCCc1ccc(S(=O)(=O)N2CCCCCC2)cc1)C12CC3CC(CC(C3)C1)C2. The number of amides is 1. The molecule has 6 rings (SSSR count). The maximum absolute atomic E-state index is 13.1. The zero-order valence-corrected chi connectivity index (χ0v) is 19.3. The number of hydrogen-bond acceptors (Lipinski definition) is 3. The van der Waals surface area contributed by atoms with Crippen molar-refractivity contribution in [3.8, 4) is 0 Å². The van der Waals surface area contributed by atoms with E-state index < -0.39 is 10.0 Å². The molecule has 0 spiro atoms. The summed E-state index contributed by atoms with van der Waals surface area (Å²) in [7, 11) is -3.40. The second-order valence-corrected chi connectivity index (χ2v) is 12.6. The van der Waals surface area contributed by atoms with Crippen molar-refractivity contribution in [2.45, 2.75) is 75.5 Å². The van der Waals surface area contributed by atoms with Gasteiger partial charge in [0.15, 0.2) is 0 Å². The maximum atomic E-state index is 13.1. The maximum Gasteiger partial charge on any atom is 0.243 e. The van der Waals surface area contributed by atoms with Crippen molar-refractivity contribution >= 4 is 15.9 Å². The average molecular weight is 445 g/mol. The van der Waals surface area contributed by atoms with Gasteiger partial charge in [-0.25, -0.2) is 8.42 Å². The van der Waals surface area contributed by atoms with Gasteiger partial charge >= 0.3 is 0 Å². The lowest BCUT2D eigenvalue weighted by molar-refractivity contribution is -0.146. The number of carbonyl (C=O) groups excluding carboxylic acids is 1. The Morgan fingerprint density at radius 1 is 0.903 bits per heavy atom. The number of carbonyl (C=O) groups is 1. The molecule has 4 saturated carbocycles. The molecule has 1 aliphatic heterocycles. The molecule has 4 aliphatic carbocycles. The van der Waals surface area contributed by atoms with Crippen molar-refractivity contribution in [2.75, 3.05) is 19.6 Å². The molecule has 5 aliphatic rings. The van der Waals surface area contributed by atoms with Gasteiger partial charge in [0.25, 0.3) is 0 Å². The summed E-state index contributed by atoms with van der Waals surface area (Å²) in [6, 6.07) is 7.27. The zero-order valence-electron chi connectivity index (χ0n) is 18.5. The van der Waals surface area contributed by atoms with Gasteiger partial charge in [-0.15, -0.1) is 0 Å². The van der Waals surface area contributed by atoms with Crippen LogP contribution in [0.4, 0.5) is 0 Å². The van der Waals surface area contributed by atoms with E-state index >= 15 is 0 Å². The van der Waals surface area contributed by atoms with Gasteiger partial charge in [-0.2, -0.15) is 4.31 Å². The fourth-order valence-corrected chi connectivity index (χ4v) is 8.67. The van der Waals surface area contributed by atoms with Crippen LogP contribution in [0.1, 0.15) is 69.8 Å². The van der Waals surface area contributed by atoms with Crippen molar-refractivity contribution in [1.29, 1.82) is 0 Å². The Labute approximate surface area is 187 Å². The van der Waals surface area contributed by atoms with E-state index in [-0.39, 0.29) is 11.3 Å². The Morgan fingerprint density at radius 2 is 1.45 bits per heavy atom. The molecule has 5 nitrogen and oxygen atoms in total. The van der Waals surface area contributed by atoms with Crippen molar-refractivity contribution in [2.24, 2.45) is 23.2 Å². The second kappa shape index (κ2) is 8.51. The van der Waals surface area contributed by atoms with Crippen LogP contribution in [0.3, 0.4) is 0 Å². The fourth-order valence-electron chi connectivity index (χ4n) is 7.16. The lowest BCUT2D eigenvalue weighted by atomic mass is 9.49. The van der Waals surface area contributed by atoms with Gasteiger partial charge in [0.1, 0.15) is 0 Å². The lowest BCUT2D eigenvalue weighted by Gasteiger charge is -2.55. The van der Waals surface area contributed by atoms with Gasteiger partial charge in [0.2, 0.25) is 15.9 Å². The van der Waals surface area contributed by atoms with Crippen LogP contribution >= 0.6 is 0 Å². The molecule has 1 amide bonds. The van der Waals surface area contributed by atoms with E-state index in [1.807, 2.05) is 12.1 Å². The molecule has 0 radical (unpaired) electrons. The van der Waals surface area contributed by atoms with Crippen LogP contribution in [0.5, 0.6) is 0 Å². The predicted molar refractivity (Wildman–Crippen MR) is 121 cm³/mol. The number of nitrogens with zero attached hydrogens (tertiary/aromatic N) is 1. The first-order valence-electron chi connectivity index (χ1n) is 12.3. The van der Waals surface area contributed by atoms with Crippen LogP contribution in [0, 0.1) is 23.2 Å². The minimum Gasteiger partial charge on any atom is -0.355 e. The predicted octanol–water partition coefficient (Wildman–Crippen LogP) is 4.13. The topological polar surface area (TPSA) is 66.5 Å². The molecular weight excluding hydrogens is 408 g/mol. The smallest absolute Gasteiger partial charge is 0.243 e. The van der Waals surface area contributed by atoms with E-state index in [2.05, 4.69) is 5.32 Å². The van der Waals surface area contributed by atoms with Gasteiger partial charge in [0.05, 0.1) is 4.90 Å². The molecule has 1 heterocycles. The summed E-state index contributed by atoms with van der Waals surface area (Å²) < 4.78 is 27.5. The second-order valence-electron chi connectivity index (χ2n) is 10.7. The Balaban J connectivity index is 1.16. The summed E-state index contributed by atoms with van der Waals surface area (Å²) in [4.78, 5) is 13.5. The third kappa shape index (κ3) is 4.30. The number of rotatable bonds is 6. The van der Waals surface area contributed by atoms with Crippen molar-refractivity contribution in [3.63, 3.8) is 0 Å². The minimum atomic E-state index is -3.40. The number of sulfonamides is 1. The average Bonchev–Trinajstić information content (AvgIpc) is 3.03. The summed E-state index contributed by atoms with van der Waals surface area (Å²) in [5.41, 5.74) is 0.973. The molecule has 1 N–H and O–H groups in total. The molecule has 1 aromatic carbocycles. The van der Waals surface area contributed by atoms with Crippen LogP contribution in [-0.2, 0) is 21.2 Å². The summed E-state index contributed by atoms with van der Waals surface area (Å²) in [6.45, 7) is 1.87. The Kier molecular flexibility index (Phi) is 5.89. The van der Waals surface area contributed by atoms with Gasteiger partial charge in [-0.1, -0.05) is 25.0 Å². The highest BCUT2D eigenvalue weighted by Gasteiger charge is 2.54. The molecule has 6 heteroatoms. The molecule has 0 unspecified atom stereocenters. The molecular formula is C25H36N2O3S. The van der Waals surface area contributed by atoms with Crippen LogP contribution in [0.2, 0.25) is 0 Å². The van der Waals surface area contributed by atoms with Gasteiger partial charge in [0, 0.05) is 25.0 Å². The normalized spacial score (nSPS) is 33.2. The highest BCUT2D eigenvalue weighted by Crippen LogP contribution is 2.60. The summed E-state index contributed by atoms with van der Waals surface area (Å²) >= 11 is 0. The lowest BCUT2D eigenvalue weighted by Crippen LogP contribution is -2.53. The third-order valence-electron chi connectivity index (χ3n) is 8.35. The zero-order chi connectivity index (χ0) is 21.5. The standard InChI is InChI=1S/C25H36N2O3S/c28-24(25-16-20-13-21(17-25)15-22(14-20)18-25)26-10-9-19-5-7-23(8-6-19)31(29,30)27-11-3-1-2-4-12-27/h5-8,20-22H,1-4,9-18H2,(H,26,28). The first kappa shape index (κ1) is 21.4. The van der Waals surface area contributed by atoms with E-state index in [1.165, 1.54) is 19.3 Å². The van der Waals surface area contributed by atoms with Gasteiger partial charge < -0.3 is 5.32 Å². The van der Waals surface area contributed by atoms with Crippen molar-refractivity contribution in [3.05, 3.63) is 29.8 Å². The molecule has 5 fully saturated rings. The van der Waals surface area contributed by atoms with E-state index in [4.69, 9.17) is 0 Å². The molecule has 4 bridgehead atoms. The minimum absolute atomic E-state index is 0.0974. The Morgan fingerprint density at radius 3 is 2.00 bits per heavy atom. The van der Waals surface area contributed by atoms with Crippen LogP contribution in [-0.4, -0.2) is 38.3 Å². The highest BCUT2D eigenvalue weighted by atomic mass is 32.2. The Bertz CT molecular complexity index is 866. The fraction of sp³-hybridized carbons (Fsp3) is 0.720. The Hall–Kier alpha value is -1.40. The van der Waals surface area contributed by atoms with Gasteiger partial charge in [-0.05, 0) is 93.2 Å². The number of benzene rings is 1. The molecule has 0 atom stereocenters. The highest BCUT2D eigenvalue weighted by molar-refractivity contribution is 7.89. The van der Waals surface area contributed by atoms with Crippen molar-refractivity contribution in [1.82, 2.24) is 9.62 Å². The largest absolute Gasteiger partial charge is 0.355 e. The quantitative estimate of drug-likeness (QED) is 0.718. The summed E-state index contributed by atoms with van der Waals surface area (Å²) in [6.07, 6.45) is 12.2. The molecule has 0 aromatic heterocycles. The first-order valence-corrected chi connectivity index (χ1v) is 13.8. The van der Waals surface area contributed by atoms with Crippen LogP contribution < -0.4 is 5.32 Å². The van der Waals surface area contributed by atoms with E-state index in [9.17, 15) is 13.2 Å².